The lowest BCUT2D eigenvalue weighted by molar-refractivity contribution is -0.152. The second kappa shape index (κ2) is 8.16. The van der Waals surface area contributed by atoms with Crippen molar-refractivity contribution in [2.75, 3.05) is 37.7 Å². The summed E-state index contributed by atoms with van der Waals surface area (Å²) in [6.07, 6.45) is 6.84. The first-order chi connectivity index (χ1) is 13.7. The molecule has 0 radical (unpaired) electrons. The molecule has 0 aliphatic carbocycles. The Morgan fingerprint density at radius 2 is 1.93 bits per heavy atom. The van der Waals surface area contributed by atoms with Gasteiger partial charge in [0.1, 0.15) is 5.82 Å². The number of hydrogen-bond donors (Lipinski definition) is 0. The quantitative estimate of drug-likeness (QED) is 0.746. The zero-order valence-corrected chi connectivity index (χ0v) is 16.3. The molecule has 1 atom stereocenters. The third-order valence-corrected chi connectivity index (χ3v) is 5.79. The Morgan fingerprint density at radius 3 is 2.71 bits per heavy atom. The zero-order valence-electron chi connectivity index (χ0n) is 16.3. The molecule has 2 aliphatic rings. The van der Waals surface area contributed by atoms with Crippen LogP contribution in [0.25, 0.3) is 5.65 Å². The van der Waals surface area contributed by atoms with Crippen LogP contribution in [-0.4, -0.2) is 64.2 Å². The van der Waals surface area contributed by atoms with Gasteiger partial charge < -0.3 is 14.5 Å². The van der Waals surface area contributed by atoms with E-state index in [-0.39, 0.29) is 23.7 Å². The van der Waals surface area contributed by atoms with Crippen molar-refractivity contribution in [2.24, 2.45) is 11.8 Å². The van der Waals surface area contributed by atoms with E-state index < -0.39 is 0 Å². The number of nitrogens with zero attached hydrogens (tertiary/aromatic N) is 5. The smallest absolute Gasteiger partial charge is 0.310 e. The number of likely N-dealkylation sites (tertiary alicyclic amines) is 1. The highest BCUT2D eigenvalue weighted by Gasteiger charge is 2.34. The summed E-state index contributed by atoms with van der Waals surface area (Å²) in [5.41, 5.74) is 0.828. The fraction of sp³-hybridized carbons (Fsp3) is 0.600. The number of piperidine rings is 2. The van der Waals surface area contributed by atoms with Crippen LogP contribution in [0.15, 0.2) is 24.5 Å². The molecular weight excluding hydrogens is 358 g/mol. The highest BCUT2D eigenvalue weighted by Crippen LogP contribution is 2.27. The number of carbonyl (C=O) groups is 2. The van der Waals surface area contributed by atoms with Gasteiger partial charge in [-0.2, -0.15) is 9.61 Å². The second-order valence-electron chi connectivity index (χ2n) is 7.54. The summed E-state index contributed by atoms with van der Waals surface area (Å²) in [6.45, 7) is 5.07. The van der Waals surface area contributed by atoms with Crippen LogP contribution in [-0.2, 0) is 14.3 Å². The highest BCUT2D eigenvalue weighted by molar-refractivity contribution is 5.80. The van der Waals surface area contributed by atoms with Gasteiger partial charge in [-0.15, -0.1) is 0 Å². The molecule has 0 bridgehead atoms. The van der Waals surface area contributed by atoms with Crippen molar-refractivity contribution < 1.29 is 14.3 Å². The fourth-order valence-electron chi connectivity index (χ4n) is 4.30. The average Bonchev–Trinajstić information content (AvgIpc) is 3.23. The van der Waals surface area contributed by atoms with E-state index >= 15 is 0 Å². The number of fused-ring (bicyclic) bond motifs is 1. The first kappa shape index (κ1) is 18.7. The van der Waals surface area contributed by atoms with Gasteiger partial charge >= 0.3 is 5.97 Å². The molecule has 1 amide bonds. The maximum atomic E-state index is 13.0. The van der Waals surface area contributed by atoms with Crippen LogP contribution in [0.1, 0.15) is 32.6 Å². The van der Waals surface area contributed by atoms with Crippen LogP contribution in [0, 0.1) is 11.8 Å². The summed E-state index contributed by atoms with van der Waals surface area (Å²) in [5.74, 6) is 0.874. The van der Waals surface area contributed by atoms with E-state index in [1.165, 1.54) is 0 Å². The van der Waals surface area contributed by atoms with E-state index in [2.05, 4.69) is 15.0 Å². The van der Waals surface area contributed by atoms with Gasteiger partial charge in [0.15, 0.2) is 5.65 Å². The SMILES string of the molecule is CCOC(=O)C1CCCN(C(=O)C2CCN(c3ccnc4ccnn34)CC2)C1. The Hall–Kier alpha value is -2.64. The molecule has 2 saturated heterocycles. The fourth-order valence-corrected chi connectivity index (χ4v) is 4.30. The largest absolute Gasteiger partial charge is 0.466 e. The van der Waals surface area contributed by atoms with Crippen LogP contribution in [0.5, 0.6) is 0 Å². The van der Waals surface area contributed by atoms with Crippen LogP contribution < -0.4 is 4.90 Å². The van der Waals surface area contributed by atoms with E-state index in [4.69, 9.17) is 4.74 Å². The zero-order chi connectivity index (χ0) is 19.5. The first-order valence-electron chi connectivity index (χ1n) is 10.2. The third kappa shape index (κ3) is 3.68. The minimum atomic E-state index is -0.178. The molecule has 2 aromatic rings. The summed E-state index contributed by atoms with van der Waals surface area (Å²) in [7, 11) is 0. The summed E-state index contributed by atoms with van der Waals surface area (Å²) < 4.78 is 6.99. The normalized spacial score (nSPS) is 21.1. The molecule has 150 valence electrons. The van der Waals surface area contributed by atoms with Crippen molar-refractivity contribution >= 4 is 23.3 Å². The molecular formula is C20H27N5O3. The van der Waals surface area contributed by atoms with Gasteiger partial charge in [-0.25, -0.2) is 4.98 Å². The number of hydrogen-bond acceptors (Lipinski definition) is 6. The van der Waals surface area contributed by atoms with Gasteiger partial charge in [0, 0.05) is 44.4 Å². The third-order valence-electron chi connectivity index (χ3n) is 5.79. The van der Waals surface area contributed by atoms with E-state index in [0.717, 1.165) is 56.8 Å². The summed E-state index contributed by atoms with van der Waals surface area (Å²) in [5, 5.41) is 4.35. The van der Waals surface area contributed by atoms with E-state index in [1.54, 1.807) is 12.4 Å². The van der Waals surface area contributed by atoms with Gasteiger partial charge in [0.2, 0.25) is 5.91 Å². The Bertz CT molecular complexity index is 843. The first-order valence-corrected chi connectivity index (χ1v) is 10.2. The number of rotatable bonds is 4. The standard InChI is InChI=1S/C20H27N5O3/c1-2-28-20(27)16-4-3-11-24(14-16)19(26)15-7-12-23(13-8-15)18-6-9-21-17-5-10-22-25(17)18/h5-6,9-10,15-16H,2-4,7-8,11-14H2,1H3. The predicted molar refractivity (Wildman–Crippen MR) is 104 cm³/mol. The lowest BCUT2D eigenvalue weighted by Crippen LogP contribution is -2.47. The number of anilines is 1. The number of aromatic nitrogens is 3. The molecule has 2 aromatic heterocycles. The Balaban J connectivity index is 1.36. The van der Waals surface area contributed by atoms with Crippen molar-refractivity contribution in [1.29, 1.82) is 0 Å². The van der Waals surface area contributed by atoms with Gasteiger partial charge in [-0.05, 0) is 38.7 Å². The molecule has 4 heterocycles. The van der Waals surface area contributed by atoms with Gasteiger partial charge in [-0.1, -0.05) is 0 Å². The van der Waals surface area contributed by atoms with Gasteiger partial charge in [-0.3, -0.25) is 9.59 Å². The van der Waals surface area contributed by atoms with Gasteiger partial charge in [0.05, 0.1) is 18.7 Å². The molecule has 0 saturated carbocycles. The molecule has 28 heavy (non-hydrogen) atoms. The van der Waals surface area contributed by atoms with Gasteiger partial charge in [0.25, 0.3) is 0 Å². The molecule has 8 heteroatoms. The van der Waals surface area contributed by atoms with Crippen LogP contribution >= 0.6 is 0 Å². The lowest BCUT2D eigenvalue weighted by Gasteiger charge is -2.37. The van der Waals surface area contributed by atoms with E-state index in [9.17, 15) is 9.59 Å². The Morgan fingerprint density at radius 1 is 1.11 bits per heavy atom. The van der Waals surface area contributed by atoms with Crippen molar-refractivity contribution in [1.82, 2.24) is 19.5 Å². The summed E-state index contributed by atoms with van der Waals surface area (Å²) >= 11 is 0. The van der Waals surface area contributed by atoms with Crippen LogP contribution in [0.2, 0.25) is 0 Å². The number of amides is 1. The Kier molecular flexibility index (Phi) is 5.45. The number of carbonyl (C=O) groups excluding carboxylic acids is 2. The average molecular weight is 385 g/mol. The molecule has 0 spiro atoms. The minimum Gasteiger partial charge on any atom is -0.466 e. The van der Waals surface area contributed by atoms with E-state index in [1.807, 2.05) is 28.5 Å². The summed E-state index contributed by atoms with van der Waals surface area (Å²) in [6, 6.07) is 3.85. The van der Waals surface area contributed by atoms with E-state index in [0.29, 0.717) is 13.2 Å². The second-order valence-corrected chi connectivity index (χ2v) is 7.54. The maximum absolute atomic E-state index is 13.0. The highest BCUT2D eigenvalue weighted by atomic mass is 16.5. The molecule has 0 aromatic carbocycles. The molecule has 0 N–H and O–H groups in total. The number of ether oxygens (including phenoxy) is 1. The maximum Gasteiger partial charge on any atom is 0.310 e. The number of esters is 1. The predicted octanol–water partition coefficient (Wildman–Crippen LogP) is 1.75. The monoisotopic (exact) mass is 385 g/mol. The molecule has 4 rings (SSSR count). The topological polar surface area (TPSA) is 80.0 Å². The molecule has 2 aliphatic heterocycles. The van der Waals surface area contributed by atoms with Crippen molar-refractivity contribution in [3.05, 3.63) is 24.5 Å². The Labute approximate surface area is 164 Å². The van der Waals surface area contributed by atoms with Crippen molar-refractivity contribution in [3.63, 3.8) is 0 Å². The minimum absolute atomic E-state index is 0.0205. The van der Waals surface area contributed by atoms with Crippen molar-refractivity contribution in [2.45, 2.75) is 32.6 Å². The van der Waals surface area contributed by atoms with Crippen molar-refractivity contribution in [3.8, 4) is 0 Å². The summed E-state index contributed by atoms with van der Waals surface area (Å²) in [4.78, 5) is 33.5. The molecule has 2 fully saturated rings. The van der Waals surface area contributed by atoms with Crippen LogP contribution in [0.4, 0.5) is 5.82 Å². The molecule has 8 nitrogen and oxygen atoms in total. The van der Waals surface area contributed by atoms with Crippen LogP contribution in [0.3, 0.4) is 0 Å². The molecule has 1 unspecified atom stereocenters. The lowest BCUT2D eigenvalue weighted by atomic mass is 9.92.